The van der Waals surface area contributed by atoms with Crippen molar-refractivity contribution >= 4 is 38.7 Å². The zero-order chi connectivity index (χ0) is 16.6. The van der Waals surface area contributed by atoms with Gasteiger partial charge in [0, 0.05) is 0 Å². The first-order valence-electron chi connectivity index (χ1n) is 4.89. The number of halogens is 6. The minimum Gasteiger partial charge on any atom is -0.444 e. The summed E-state index contributed by atoms with van der Waals surface area (Å²) in [5, 5.41) is -5.71. The molecule has 0 aromatic rings. The van der Waals surface area contributed by atoms with E-state index in [1.54, 1.807) is 0 Å². The molecule has 2 atom stereocenters. The highest BCUT2D eigenvalue weighted by atomic mass is 127. The molecule has 0 aliphatic heterocycles. The second kappa shape index (κ2) is 5.87. The summed E-state index contributed by atoms with van der Waals surface area (Å²) in [7, 11) is -6.42. The van der Waals surface area contributed by atoms with Gasteiger partial charge >= 0.3 is 27.5 Å². The topological polar surface area (TPSA) is 80.7 Å². The third-order valence-electron chi connectivity index (χ3n) is 2.26. The van der Waals surface area contributed by atoms with E-state index in [0.29, 0.717) is 0 Å². The summed E-state index contributed by atoms with van der Waals surface area (Å²) >= 11 is 1.38. The van der Waals surface area contributed by atoms with Crippen LogP contribution < -0.4 is 0 Å². The fraction of sp³-hybridized carbons (Fsp3) is 0.875. The lowest BCUT2D eigenvalue weighted by atomic mass is 10.1. The summed E-state index contributed by atoms with van der Waals surface area (Å²) in [5.74, 6) is -1.67. The average Bonchev–Trinajstić information content (AvgIpc) is 2.21. The highest BCUT2D eigenvalue weighted by Gasteiger charge is 2.66. The van der Waals surface area contributed by atoms with Gasteiger partial charge in [0.1, 0.15) is 3.42 Å². The van der Waals surface area contributed by atoms with Crippen LogP contribution in [0, 0.1) is 0 Å². The highest BCUT2D eigenvalue weighted by molar-refractivity contribution is 14.1. The Hall–Kier alpha value is -0.240. The molecule has 120 valence electrons. The normalized spacial score (nSPS) is 18.2. The molecule has 5 nitrogen and oxygen atoms in total. The molecule has 0 fully saturated rings. The summed E-state index contributed by atoms with van der Waals surface area (Å²) in [6.45, 7) is 2.51. The quantitative estimate of drug-likeness (QED) is 0.234. The molecule has 0 spiro atoms. The molecule has 0 saturated heterocycles. The predicted octanol–water partition coefficient (Wildman–Crippen LogP) is 2.54. The summed E-state index contributed by atoms with van der Waals surface area (Å²) in [6, 6.07) is 0. The summed E-state index contributed by atoms with van der Waals surface area (Å²) in [6.07, 6.45) is -10.2. The molecule has 0 aromatic carbocycles. The van der Waals surface area contributed by atoms with Crippen LogP contribution in [0.25, 0.3) is 0 Å². The van der Waals surface area contributed by atoms with Crippen LogP contribution in [0.4, 0.5) is 22.0 Å². The number of carbonyl (C=O) groups is 1. The fourth-order valence-electron chi connectivity index (χ4n) is 0.835. The van der Waals surface area contributed by atoms with Crippen LogP contribution in [-0.4, -0.2) is 39.9 Å². The molecule has 0 aromatic heterocycles. The van der Waals surface area contributed by atoms with Crippen LogP contribution in [0.5, 0.6) is 0 Å². The molecule has 1 N–H and O–H groups in total. The van der Waals surface area contributed by atoms with E-state index in [0.717, 1.165) is 6.92 Å². The summed E-state index contributed by atoms with van der Waals surface area (Å²) in [4.78, 5) is 11.4. The maximum absolute atomic E-state index is 13.1. The monoisotopic (exact) mass is 440 g/mol. The van der Waals surface area contributed by atoms with Gasteiger partial charge in [0.05, 0.1) is 0 Å². The van der Waals surface area contributed by atoms with Gasteiger partial charge < -0.3 is 4.74 Å². The van der Waals surface area contributed by atoms with E-state index in [2.05, 4.69) is 4.74 Å². The van der Waals surface area contributed by atoms with Gasteiger partial charge in [-0.1, -0.05) is 29.5 Å². The van der Waals surface area contributed by atoms with Gasteiger partial charge in [-0.15, -0.1) is 0 Å². The lowest BCUT2D eigenvalue weighted by Gasteiger charge is -2.29. The van der Waals surface area contributed by atoms with Crippen molar-refractivity contribution in [2.75, 3.05) is 0 Å². The average molecular weight is 440 g/mol. The fourth-order valence-corrected chi connectivity index (χ4v) is 1.41. The number of hydrogen-bond acceptors (Lipinski definition) is 4. The predicted molar refractivity (Wildman–Crippen MR) is 65.1 cm³/mol. The van der Waals surface area contributed by atoms with Crippen molar-refractivity contribution in [2.24, 2.45) is 0 Å². The maximum atomic E-state index is 13.1. The Morgan fingerprint density at radius 2 is 1.70 bits per heavy atom. The number of rotatable bonds is 5. The Morgan fingerprint density at radius 1 is 1.30 bits per heavy atom. The van der Waals surface area contributed by atoms with Gasteiger partial charge in [-0.05, 0) is 13.3 Å². The third kappa shape index (κ3) is 4.38. The van der Waals surface area contributed by atoms with Crippen molar-refractivity contribution in [2.45, 2.75) is 41.2 Å². The zero-order valence-electron chi connectivity index (χ0n) is 10.0. The number of carbonyl (C=O) groups excluding carboxylic acids is 1. The first kappa shape index (κ1) is 19.8. The summed E-state index contributed by atoms with van der Waals surface area (Å²) < 4.78 is 94.5. The van der Waals surface area contributed by atoms with Gasteiger partial charge in [-0.3, -0.25) is 9.35 Å². The summed E-state index contributed by atoms with van der Waals surface area (Å²) in [5.41, 5.74) is 0. The molecular formula is C8H10F5IO5S. The van der Waals surface area contributed by atoms with Crippen LogP contribution >= 0.6 is 22.6 Å². The molecule has 0 bridgehead atoms. The van der Waals surface area contributed by atoms with Crippen LogP contribution in [0.3, 0.4) is 0 Å². The minimum absolute atomic E-state index is 0.0472. The smallest absolute Gasteiger partial charge is 0.432 e. The van der Waals surface area contributed by atoms with E-state index in [4.69, 9.17) is 4.55 Å². The number of esters is 1. The molecular weight excluding hydrogens is 430 g/mol. The molecule has 12 heteroatoms. The Bertz CT molecular complexity index is 472. The van der Waals surface area contributed by atoms with Gasteiger partial charge in [0.2, 0.25) is 0 Å². The van der Waals surface area contributed by atoms with E-state index in [1.165, 1.54) is 29.5 Å². The second-order valence-electron chi connectivity index (χ2n) is 3.91. The Morgan fingerprint density at radius 3 is 1.95 bits per heavy atom. The third-order valence-corrected chi connectivity index (χ3v) is 4.37. The van der Waals surface area contributed by atoms with Gasteiger partial charge in [-0.25, -0.2) is 0 Å². The van der Waals surface area contributed by atoms with Crippen LogP contribution in [0.1, 0.15) is 20.3 Å². The van der Waals surface area contributed by atoms with Crippen molar-refractivity contribution in [1.82, 2.24) is 0 Å². The van der Waals surface area contributed by atoms with E-state index < -0.39 is 37.0 Å². The highest BCUT2D eigenvalue weighted by Crippen LogP contribution is 2.39. The van der Waals surface area contributed by atoms with Crippen LogP contribution in [-0.2, 0) is 19.6 Å². The number of alkyl halides is 6. The lowest BCUT2D eigenvalue weighted by Crippen LogP contribution is -2.53. The number of ether oxygens (including phenoxy) is 1. The van der Waals surface area contributed by atoms with E-state index in [1.807, 2.05) is 0 Å². The maximum Gasteiger partial charge on any atom is 0.432 e. The van der Waals surface area contributed by atoms with Crippen LogP contribution in [0.15, 0.2) is 0 Å². The second-order valence-corrected chi connectivity index (χ2v) is 7.79. The van der Waals surface area contributed by atoms with E-state index in [9.17, 15) is 35.2 Å². The lowest BCUT2D eigenvalue weighted by molar-refractivity contribution is -0.259. The molecule has 0 heterocycles. The largest absolute Gasteiger partial charge is 0.444 e. The number of hydrogen-bond donors (Lipinski definition) is 1. The molecule has 20 heavy (non-hydrogen) atoms. The van der Waals surface area contributed by atoms with E-state index in [-0.39, 0.29) is 6.42 Å². The molecule has 0 aliphatic rings. The van der Waals surface area contributed by atoms with Gasteiger partial charge in [-0.2, -0.15) is 30.4 Å². The van der Waals surface area contributed by atoms with Gasteiger partial charge in [0.15, 0.2) is 0 Å². The first-order chi connectivity index (χ1) is 8.57. The zero-order valence-corrected chi connectivity index (χ0v) is 13.0. The molecule has 2 unspecified atom stereocenters. The standard InChI is InChI=1S/C8H10F5IO5S/c1-3-6(2,14)5(15)19-4(7(9,10)11)8(12,13)20(16,17)18/h4H,3H2,1-2H3,(H,16,17,18). The Balaban J connectivity index is 5.62. The first-order valence-corrected chi connectivity index (χ1v) is 7.40. The van der Waals surface area contributed by atoms with Crippen molar-refractivity contribution < 1.29 is 44.5 Å². The molecule has 0 aliphatic carbocycles. The van der Waals surface area contributed by atoms with Gasteiger partial charge in [0.25, 0.3) is 6.10 Å². The Labute approximate surface area is 124 Å². The Kier molecular flexibility index (Phi) is 5.80. The molecule has 0 saturated carbocycles. The molecule has 0 rings (SSSR count). The van der Waals surface area contributed by atoms with Crippen molar-refractivity contribution in [1.29, 1.82) is 0 Å². The van der Waals surface area contributed by atoms with Crippen LogP contribution in [0.2, 0.25) is 0 Å². The van der Waals surface area contributed by atoms with Crippen molar-refractivity contribution in [3.05, 3.63) is 0 Å². The minimum atomic E-state index is -6.42. The van der Waals surface area contributed by atoms with E-state index >= 15 is 0 Å². The van der Waals surface area contributed by atoms with Crippen molar-refractivity contribution in [3.63, 3.8) is 0 Å². The molecule has 0 amide bonds. The van der Waals surface area contributed by atoms with Crippen molar-refractivity contribution in [3.8, 4) is 0 Å². The SMILES string of the molecule is CCC(C)(I)C(=O)OC(C(F)(F)F)C(F)(F)S(=O)(=O)O. The molecule has 0 radical (unpaired) electrons.